The summed E-state index contributed by atoms with van der Waals surface area (Å²) in [6, 6.07) is 14.0. The molecule has 0 spiro atoms. The van der Waals surface area contributed by atoms with Crippen LogP contribution in [-0.2, 0) is 4.79 Å². The molecule has 1 saturated carbocycles. The van der Waals surface area contributed by atoms with E-state index in [-0.39, 0.29) is 29.5 Å². The Morgan fingerprint density at radius 3 is 2.28 bits per heavy atom. The summed E-state index contributed by atoms with van der Waals surface area (Å²) >= 11 is 0. The molecular formula is C23H26FN3O2. The van der Waals surface area contributed by atoms with Crippen molar-refractivity contribution in [3.05, 3.63) is 65.5 Å². The zero-order chi connectivity index (χ0) is 20.5. The number of anilines is 1. The van der Waals surface area contributed by atoms with Crippen LogP contribution in [0.4, 0.5) is 10.1 Å². The molecule has 2 aromatic rings. The Morgan fingerprint density at radius 1 is 0.966 bits per heavy atom. The first-order valence-corrected chi connectivity index (χ1v) is 10.0. The molecule has 4 rings (SSSR count). The zero-order valence-corrected chi connectivity index (χ0v) is 16.8. The van der Waals surface area contributed by atoms with Crippen molar-refractivity contribution in [2.45, 2.75) is 12.3 Å². The van der Waals surface area contributed by atoms with Gasteiger partial charge in [0.25, 0.3) is 5.91 Å². The molecule has 1 aliphatic heterocycles. The summed E-state index contributed by atoms with van der Waals surface area (Å²) in [7, 11) is 3.90. The van der Waals surface area contributed by atoms with Crippen LogP contribution in [0.2, 0.25) is 0 Å². The summed E-state index contributed by atoms with van der Waals surface area (Å²) in [6.07, 6.45) is 0.820. The molecule has 0 N–H and O–H groups in total. The monoisotopic (exact) mass is 395 g/mol. The molecule has 0 radical (unpaired) electrons. The molecule has 0 aromatic heterocycles. The van der Waals surface area contributed by atoms with Gasteiger partial charge < -0.3 is 14.7 Å². The predicted octanol–water partition coefficient (Wildman–Crippen LogP) is 2.98. The van der Waals surface area contributed by atoms with Gasteiger partial charge in [0.2, 0.25) is 5.91 Å². The second kappa shape index (κ2) is 7.85. The first kappa shape index (κ1) is 19.4. The van der Waals surface area contributed by atoms with Gasteiger partial charge in [-0.1, -0.05) is 18.2 Å². The number of nitrogens with zero attached hydrogens (tertiary/aromatic N) is 3. The van der Waals surface area contributed by atoms with Crippen LogP contribution in [0.1, 0.15) is 28.3 Å². The van der Waals surface area contributed by atoms with Crippen LogP contribution >= 0.6 is 0 Å². The van der Waals surface area contributed by atoms with Gasteiger partial charge in [-0.3, -0.25) is 9.59 Å². The summed E-state index contributed by atoms with van der Waals surface area (Å²) in [4.78, 5) is 31.3. The molecule has 1 heterocycles. The van der Waals surface area contributed by atoms with Gasteiger partial charge in [0.05, 0.1) is 0 Å². The molecule has 2 aliphatic rings. The number of benzene rings is 2. The van der Waals surface area contributed by atoms with Crippen LogP contribution in [0.25, 0.3) is 0 Å². The van der Waals surface area contributed by atoms with E-state index in [1.54, 1.807) is 12.1 Å². The van der Waals surface area contributed by atoms with Crippen LogP contribution in [-0.4, -0.2) is 61.9 Å². The van der Waals surface area contributed by atoms with E-state index in [0.717, 1.165) is 17.7 Å². The molecule has 2 fully saturated rings. The van der Waals surface area contributed by atoms with Crippen LogP contribution < -0.4 is 4.90 Å². The van der Waals surface area contributed by atoms with Crippen molar-refractivity contribution in [2.24, 2.45) is 5.92 Å². The number of hydrogen-bond donors (Lipinski definition) is 0. The largest absolute Gasteiger partial charge is 0.378 e. The number of carbonyl (C=O) groups excluding carboxylic acids is 2. The van der Waals surface area contributed by atoms with E-state index in [0.29, 0.717) is 31.7 Å². The van der Waals surface area contributed by atoms with Gasteiger partial charge in [-0.05, 0) is 48.2 Å². The third-order valence-corrected chi connectivity index (χ3v) is 5.89. The summed E-state index contributed by atoms with van der Waals surface area (Å²) in [5.41, 5.74) is 2.69. The molecule has 2 aromatic carbocycles. The van der Waals surface area contributed by atoms with E-state index < -0.39 is 0 Å². The summed E-state index contributed by atoms with van der Waals surface area (Å²) in [5.74, 6) is 0.0858. The Labute approximate surface area is 170 Å². The number of amides is 2. The van der Waals surface area contributed by atoms with Gasteiger partial charge in [0.15, 0.2) is 0 Å². The zero-order valence-electron chi connectivity index (χ0n) is 16.8. The molecule has 1 aliphatic carbocycles. The molecule has 1 saturated heterocycles. The molecule has 29 heavy (non-hydrogen) atoms. The van der Waals surface area contributed by atoms with Gasteiger partial charge in [-0.25, -0.2) is 4.39 Å². The second-order valence-corrected chi connectivity index (χ2v) is 8.06. The normalized spacial score (nSPS) is 21.1. The van der Waals surface area contributed by atoms with Crippen LogP contribution in [0.5, 0.6) is 0 Å². The first-order chi connectivity index (χ1) is 13.9. The van der Waals surface area contributed by atoms with Crippen molar-refractivity contribution in [1.29, 1.82) is 0 Å². The van der Waals surface area contributed by atoms with E-state index in [1.165, 1.54) is 12.1 Å². The predicted molar refractivity (Wildman–Crippen MR) is 111 cm³/mol. The van der Waals surface area contributed by atoms with Crippen molar-refractivity contribution >= 4 is 17.5 Å². The van der Waals surface area contributed by atoms with Crippen molar-refractivity contribution < 1.29 is 14.0 Å². The van der Waals surface area contributed by atoms with E-state index in [9.17, 15) is 14.0 Å². The lowest BCUT2D eigenvalue weighted by Crippen LogP contribution is -2.51. The van der Waals surface area contributed by atoms with Gasteiger partial charge in [0, 0.05) is 57.4 Å². The van der Waals surface area contributed by atoms with Crippen molar-refractivity contribution in [3.8, 4) is 0 Å². The fourth-order valence-electron chi connectivity index (χ4n) is 4.01. The lowest BCUT2D eigenvalue weighted by molar-refractivity contribution is -0.134. The van der Waals surface area contributed by atoms with Crippen molar-refractivity contribution in [2.75, 3.05) is 45.2 Å². The highest BCUT2D eigenvalue weighted by atomic mass is 19.1. The Balaban J connectivity index is 1.32. The quantitative estimate of drug-likeness (QED) is 0.800. The van der Waals surface area contributed by atoms with Crippen LogP contribution in [0.3, 0.4) is 0 Å². The Morgan fingerprint density at radius 2 is 1.62 bits per heavy atom. The Hall–Kier alpha value is -2.89. The van der Waals surface area contributed by atoms with Gasteiger partial charge in [-0.15, -0.1) is 0 Å². The molecule has 2 atom stereocenters. The van der Waals surface area contributed by atoms with E-state index in [1.807, 2.05) is 53.1 Å². The van der Waals surface area contributed by atoms with Crippen LogP contribution in [0, 0.1) is 11.7 Å². The number of piperazine rings is 1. The maximum Gasteiger partial charge on any atom is 0.254 e. The van der Waals surface area contributed by atoms with E-state index >= 15 is 0 Å². The fourth-order valence-corrected chi connectivity index (χ4v) is 4.01. The lowest BCUT2D eigenvalue weighted by atomic mass is 10.1. The van der Waals surface area contributed by atoms with E-state index in [4.69, 9.17) is 0 Å². The smallest absolute Gasteiger partial charge is 0.254 e. The molecule has 5 nitrogen and oxygen atoms in total. The summed E-state index contributed by atoms with van der Waals surface area (Å²) in [6.45, 7) is 2.21. The van der Waals surface area contributed by atoms with Gasteiger partial charge >= 0.3 is 0 Å². The van der Waals surface area contributed by atoms with E-state index in [2.05, 4.69) is 0 Å². The number of carbonyl (C=O) groups is 2. The van der Waals surface area contributed by atoms with Gasteiger partial charge in [-0.2, -0.15) is 0 Å². The highest BCUT2D eigenvalue weighted by molar-refractivity contribution is 5.95. The summed E-state index contributed by atoms with van der Waals surface area (Å²) in [5, 5.41) is 0. The maximum absolute atomic E-state index is 13.1. The highest BCUT2D eigenvalue weighted by Crippen LogP contribution is 2.48. The highest BCUT2D eigenvalue weighted by Gasteiger charge is 2.46. The van der Waals surface area contributed by atoms with Crippen molar-refractivity contribution in [1.82, 2.24) is 9.80 Å². The molecule has 6 heteroatoms. The number of halogens is 1. The standard InChI is InChI=1S/C23H26FN3O2/c1-25(2)19-5-3-4-17(14-19)22(28)26-10-12-27(13-11-26)23(29)21-15-20(21)16-6-8-18(24)9-7-16/h3-9,14,20-21H,10-13,15H2,1-2H3/t20-,21+/m1/s1. The van der Waals surface area contributed by atoms with Crippen molar-refractivity contribution in [3.63, 3.8) is 0 Å². The topological polar surface area (TPSA) is 43.9 Å². The molecule has 0 unspecified atom stereocenters. The second-order valence-electron chi connectivity index (χ2n) is 8.06. The maximum atomic E-state index is 13.1. The minimum atomic E-state index is -0.255. The third-order valence-electron chi connectivity index (χ3n) is 5.89. The molecular weight excluding hydrogens is 369 g/mol. The minimum Gasteiger partial charge on any atom is -0.378 e. The number of hydrogen-bond acceptors (Lipinski definition) is 3. The lowest BCUT2D eigenvalue weighted by Gasteiger charge is -2.35. The average Bonchev–Trinajstić information content (AvgIpc) is 3.54. The average molecular weight is 395 g/mol. The summed E-state index contributed by atoms with van der Waals surface area (Å²) < 4.78 is 13.1. The van der Waals surface area contributed by atoms with Crippen LogP contribution in [0.15, 0.2) is 48.5 Å². The van der Waals surface area contributed by atoms with Gasteiger partial charge in [0.1, 0.15) is 5.82 Å². The molecule has 0 bridgehead atoms. The fraction of sp³-hybridized carbons (Fsp3) is 0.391. The molecule has 152 valence electrons. The Bertz CT molecular complexity index is 905. The third kappa shape index (κ3) is 4.11. The molecule has 2 amide bonds. The minimum absolute atomic E-state index is 0.0106. The SMILES string of the molecule is CN(C)c1cccc(C(=O)N2CCN(C(=O)[C@H]3C[C@@H]3c3ccc(F)cc3)CC2)c1. The first-order valence-electron chi connectivity index (χ1n) is 10.0. The number of rotatable bonds is 4. The Kier molecular flexibility index (Phi) is 5.26.